The first-order valence-electron chi connectivity index (χ1n) is 7.00. The Balaban J connectivity index is 2.03. The van der Waals surface area contributed by atoms with Gasteiger partial charge in [0.05, 0.1) is 0 Å². The van der Waals surface area contributed by atoms with Crippen LogP contribution in [0.3, 0.4) is 0 Å². The fourth-order valence-corrected chi connectivity index (χ4v) is 2.94. The van der Waals surface area contributed by atoms with Crippen LogP contribution in [0, 0.1) is 0 Å². The summed E-state index contributed by atoms with van der Waals surface area (Å²) < 4.78 is 6.85. The van der Waals surface area contributed by atoms with E-state index in [2.05, 4.69) is 35.1 Å². The van der Waals surface area contributed by atoms with Crippen molar-refractivity contribution in [3.05, 3.63) is 63.1 Å². The smallest absolute Gasteiger partial charge is 0.121 e. The number of hydrogen-bond donors (Lipinski definition) is 1. The van der Waals surface area contributed by atoms with Gasteiger partial charge in [-0.1, -0.05) is 52.7 Å². The van der Waals surface area contributed by atoms with E-state index in [1.54, 1.807) is 0 Å². The van der Waals surface area contributed by atoms with Crippen LogP contribution in [0.15, 0.2) is 46.9 Å². The minimum Gasteiger partial charge on any atom is -0.489 e. The summed E-state index contributed by atoms with van der Waals surface area (Å²) in [6.07, 6.45) is 0. The van der Waals surface area contributed by atoms with Crippen LogP contribution < -0.4 is 10.1 Å². The Bertz CT molecular complexity index is 603. The van der Waals surface area contributed by atoms with E-state index < -0.39 is 0 Å². The number of nitrogens with one attached hydrogen (secondary N) is 1. The van der Waals surface area contributed by atoms with Crippen molar-refractivity contribution >= 4 is 27.5 Å². The lowest BCUT2D eigenvalue weighted by molar-refractivity contribution is 0.306. The molecule has 2 aromatic rings. The van der Waals surface area contributed by atoms with Crippen LogP contribution in [0.2, 0.25) is 5.02 Å². The third kappa shape index (κ3) is 4.73. The fraction of sp³-hybridized carbons (Fsp3) is 0.294. The maximum Gasteiger partial charge on any atom is 0.121 e. The first-order valence-corrected chi connectivity index (χ1v) is 8.17. The molecule has 0 aliphatic carbocycles. The van der Waals surface area contributed by atoms with Gasteiger partial charge >= 0.3 is 0 Å². The Morgan fingerprint density at radius 3 is 2.71 bits per heavy atom. The highest BCUT2D eigenvalue weighted by atomic mass is 79.9. The van der Waals surface area contributed by atoms with Crippen molar-refractivity contribution in [3.63, 3.8) is 0 Å². The molecule has 1 atom stereocenters. The van der Waals surface area contributed by atoms with Crippen molar-refractivity contribution in [1.82, 2.24) is 5.32 Å². The summed E-state index contributed by atoms with van der Waals surface area (Å²) in [7, 11) is 0. The number of rotatable bonds is 6. The van der Waals surface area contributed by atoms with E-state index in [9.17, 15) is 0 Å². The van der Waals surface area contributed by atoms with Gasteiger partial charge in [0.15, 0.2) is 0 Å². The van der Waals surface area contributed by atoms with E-state index in [4.69, 9.17) is 16.3 Å². The molecule has 0 spiro atoms. The van der Waals surface area contributed by atoms with Gasteiger partial charge < -0.3 is 10.1 Å². The standard InChI is InChI=1S/C17H19BrClNO/c1-3-20-12(2)16-8-7-15(10-17(16)19)21-11-13-5-4-6-14(18)9-13/h4-10,12,20H,3,11H2,1-2H3. The van der Waals surface area contributed by atoms with Crippen LogP contribution in [0.1, 0.15) is 31.0 Å². The Kier molecular flexibility index (Phi) is 6.09. The van der Waals surface area contributed by atoms with Crippen LogP contribution in [0.5, 0.6) is 5.75 Å². The summed E-state index contributed by atoms with van der Waals surface area (Å²) in [6.45, 7) is 5.63. The third-order valence-corrected chi connectivity index (χ3v) is 4.06. The Morgan fingerprint density at radius 2 is 2.05 bits per heavy atom. The molecule has 0 fully saturated rings. The fourth-order valence-electron chi connectivity index (χ4n) is 2.16. The second-order valence-corrected chi connectivity index (χ2v) is 6.20. The zero-order valence-corrected chi connectivity index (χ0v) is 14.5. The highest BCUT2D eigenvalue weighted by molar-refractivity contribution is 9.10. The average molecular weight is 369 g/mol. The zero-order valence-electron chi connectivity index (χ0n) is 12.2. The van der Waals surface area contributed by atoms with Crippen molar-refractivity contribution in [2.24, 2.45) is 0 Å². The molecule has 112 valence electrons. The summed E-state index contributed by atoms with van der Waals surface area (Å²) in [6, 6.07) is 14.2. The number of ether oxygens (including phenoxy) is 1. The van der Waals surface area contributed by atoms with Crippen molar-refractivity contribution in [2.45, 2.75) is 26.5 Å². The molecule has 1 N–H and O–H groups in total. The summed E-state index contributed by atoms with van der Waals surface area (Å²) >= 11 is 9.80. The Hall–Kier alpha value is -1.03. The first-order chi connectivity index (χ1) is 10.1. The van der Waals surface area contributed by atoms with Crippen LogP contribution in [-0.2, 0) is 6.61 Å². The van der Waals surface area contributed by atoms with E-state index >= 15 is 0 Å². The van der Waals surface area contributed by atoms with Crippen LogP contribution in [0.25, 0.3) is 0 Å². The molecule has 4 heteroatoms. The largest absolute Gasteiger partial charge is 0.489 e. The number of hydrogen-bond acceptors (Lipinski definition) is 2. The topological polar surface area (TPSA) is 21.3 Å². The normalized spacial score (nSPS) is 12.2. The maximum atomic E-state index is 6.34. The predicted octanol–water partition coefficient (Wildman–Crippen LogP) is 5.35. The predicted molar refractivity (Wildman–Crippen MR) is 92.0 cm³/mol. The van der Waals surface area contributed by atoms with E-state index in [0.29, 0.717) is 6.61 Å². The molecule has 0 heterocycles. The molecule has 0 aromatic heterocycles. The van der Waals surface area contributed by atoms with Crippen molar-refractivity contribution in [3.8, 4) is 5.75 Å². The van der Waals surface area contributed by atoms with E-state index in [1.807, 2.05) is 42.5 Å². The third-order valence-electron chi connectivity index (χ3n) is 3.24. The van der Waals surface area contributed by atoms with Crippen LogP contribution in [-0.4, -0.2) is 6.54 Å². The lowest BCUT2D eigenvalue weighted by atomic mass is 10.1. The van der Waals surface area contributed by atoms with Gasteiger partial charge in [-0.05, 0) is 48.9 Å². The Morgan fingerprint density at radius 1 is 1.24 bits per heavy atom. The Labute approximate surface area is 139 Å². The van der Waals surface area contributed by atoms with Crippen molar-refractivity contribution in [1.29, 1.82) is 0 Å². The van der Waals surface area contributed by atoms with Gasteiger partial charge in [0.2, 0.25) is 0 Å². The highest BCUT2D eigenvalue weighted by Gasteiger charge is 2.09. The highest BCUT2D eigenvalue weighted by Crippen LogP contribution is 2.27. The molecule has 2 rings (SSSR count). The molecule has 1 unspecified atom stereocenters. The molecular formula is C17H19BrClNO. The molecule has 0 aliphatic heterocycles. The van der Waals surface area contributed by atoms with E-state index in [-0.39, 0.29) is 6.04 Å². The van der Waals surface area contributed by atoms with Crippen molar-refractivity contribution < 1.29 is 4.74 Å². The zero-order chi connectivity index (χ0) is 15.2. The van der Waals surface area contributed by atoms with Gasteiger partial charge in [-0.2, -0.15) is 0 Å². The van der Waals surface area contributed by atoms with Gasteiger partial charge in [0, 0.05) is 15.5 Å². The van der Waals surface area contributed by atoms with E-state index in [1.165, 1.54) is 0 Å². The van der Waals surface area contributed by atoms with Gasteiger partial charge in [-0.3, -0.25) is 0 Å². The van der Waals surface area contributed by atoms with Gasteiger partial charge in [0.25, 0.3) is 0 Å². The van der Waals surface area contributed by atoms with Crippen molar-refractivity contribution in [2.75, 3.05) is 6.54 Å². The maximum absolute atomic E-state index is 6.34. The molecule has 0 radical (unpaired) electrons. The molecule has 0 bridgehead atoms. The minimum absolute atomic E-state index is 0.238. The summed E-state index contributed by atoms with van der Waals surface area (Å²) in [5.41, 5.74) is 2.21. The SMILES string of the molecule is CCNC(C)c1ccc(OCc2cccc(Br)c2)cc1Cl. The molecule has 21 heavy (non-hydrogen) atoms. The molecular weight excluding hydrogens is 350 g/mol. The number of halogens is 2. The van der Waals surface area contributed by atoms with E-state index in [0.717, 1.165) is 32.9 Å². The number of benzene rings is 2. The molecule has 0 amide bonds. The van der Waals surface area contributed by atoms with Crippen LogP contribution >= 0.6 is 27.5 Å². The summed E-state index contributed by atoms with van der Waals surface area (Å²) in [5, 5.41) is 4.09. The molecule has 2 aromatic carbocycles. The first kappa shape index (κ1) is 16.3. The molecule has 0 saturated heterocycles. The second-order valence-electron chi connectivity index (χ2n) is 4.88. The lowest BCUT2D eigenvalue weighted by Crippen LogP contribution is -2.17. The molecule has 2 nitrogen and oxygen atoms in total. The lowest BCUT2D eigenvalue weighted by Gasteiger charge is -2.15. The molecule has 0 saturated carbocycles. The minimum atomic E-state index is 0.238. The van der Waals surface area contributed by atoms with Crippen LogP contribution in [0.4, 0.5) is 0 Å². The van der Waals surface area contributed by atoms with Gasteiger partial charge in [0.1, 0.15) is 12.4 Å². The second kappa shape index (κ2) is 7.83. The summed E-state index contributed by atoms with van der Waals surface area (Å²) in [5.74, 6) is 0.785. The molecule has 0 aliphatic rings. The monoisotopic (exact) mass is 367 g/mol. The quantitative estimate of drug-likeness (QED) is 0.742. The summed E-state index contributed by atoms with van der Waals surface area (Å²) in [4.78, 5) is 0. The van der Waals surface area contributed by atoms with Gasteiger partial charge in [-0.15, -0.1) is 0 Å². The van der Waals surface area contributed by atoms with Gasteiger partial charge in [-0.25, -0.2) is 0 Å². The average Bonchev–Trinajstić information content (AvgIpc) is 2.45.